The number of piperidine rings is 1. The van der Waals surface area contributed by atoms with Gasteiger partial charge in [-0.25, -0.2) is 0 Å². The molecule has 3 heteroatoms. The van der Waals surface area contributed by atoms with E-state index in [2.05, 4.69) is 52.3 Å². The normalized spacial score (nSPS) is 23.3. The Labute approximate surface area is 156 Å². The van der Waals surface area contributed by atoms with Gasteiger partial charge in [0.25, 0.3) is 0 Å². The number of hydrogen-bond acceptors (Lipinski definition) is 3. The van der Waals surface area contributed by atoms with E-state index in [-0.39, 0.29) is 0 Å². The molecule has 0 bridgehead atoms. The summed E-state index contributed by atoms with van der Waals surface area (Å²) in [6, 6.07) is 16.5. The summed E-state index contributed by atoms with van der Waals surface area (Å²) in [5, 5.41) is 0. The van der Waals surface area contributed by atoms with Crippen LogP contribution in [0.4, 0.5) is 0 Å². The minimum absolute atomic E-state index is 0.704. The molecule has 3 heterocycles. The van der Waals surface area contributed by atoms with Crippen LogP contribution in [0.3, 0.4) is 0 Å². The number of fused-ring (bicyclic) bond motifs is 2. The SMILES string of the molecule is c1ccc2c(c1)CCN(C1CCCN(Cc3ccc4c(c3)CCO4)C1)C2. The van der Waals surface area contributed by atoms with E-state index in [4.69, 9.17) is 4.74 Å². The molecule has 1 fully saturated rings. The van der Waals surface area contributed by atoms with Gasteiger partial charge in [-0.1, -0.05) is 36.4 Å². The van der Waals surface area contributed by atoms with Crippen molar-refractivity contribution in [2.24, 2.45) is 0 Å². The highest BCUT2D eigenvalue weighted by Gasteiger charge is 2.28. The second-order valence-corrected chi connectivity index (χ2v) is 8.06. The van der Waals surface area contributed by atoms with Gasteiger partial charge in [-0.3, -0.25) is 9.80 Å². The third kappa shape index (κ3) is 3.26. The van der Waals surface area contributed by atoms with Crippen molar-refractivity contribution in [3.63, 3.8) is 0 Å². The van der Waals surface area contributed by atoms with Gasteiger partial charge in [0.05, 0.1) is 6.61 Å². The molecule has 136 valence electrons. The summed E-state index contributed by atoms with van der Waals surface area (Å²) in [6.07, 6.45) is 4.93. The molecule has 26 heavy (non-hydrogen) atoms. The number of benzene rings is 2. The molecule has 1 atom stereocenters. The van der Waals surface area contributed by atoms with Crippen LogP contribution in [0.2, 0.25) is 0 Å². The first-order valence-electron chi connectivity index (χ1n) is 10.1. The van der Waals surface area contributed by atoms with E-state index >= 15 is 0 Å². The van der Waals surface area contributed by atoms with Gasteiger partial charge in [0.1, 0.15) is 5.75 Å². The van der Waals surface area contributed by atoms with Gasteiger partial charge < -0.3 is 4.74 Å². The summed E-state index contributed by atoms with van der Waals surface area (Å²) < 4.78 is 5.65. The van der Waals surface area contributed by atoms with Crippen LogP contribution < -0.4 is 4.74 Å². The van der Waals surface area contributed by atoms with E-state index in [9.17, 15) is 0 Å². The third-order valence-electron chi connectivity index (χ3n) is 6.32. The Kier molecular flexibility index (Phi) is 4.43. The van der Waals surface area contributed by atoms with E-state index in [1.807, 2.05) is 0 Å². The molecular formula is C23H28N2O. The minimum atomic E-state index is 0.704. The van der Waals surface area contributed by atoms with Crippen molar-refractivity contribution in [1.82, 2.24) is 9.80 Å². The van der Waals surface area contributed by atoms with Gasteiger partial charge in [-0.05, 0) is 54.1 Å². The fourth-order valence-electron chi connectivity index (χ4n) is 4.90. The highest BCUT2D eigenvalue weighted by molar-refractivity contribution is 5.39. The molecule has 1 saturated heterocycles. The quantitative estimate of drug-likeness (QED) is 0.842. The van der Waals surface area contributed by atoms with Crippen LogP contribution in [0, 0.1) is 0 Å². The summed E-state index contributed by atoms with van der Waals surface area (Å²) >= 11 is 0. The lowest BCUT2D eigenvalue weighted by Gasteiger charge is -2.41. The lowest BCUT2D eigenvalue weighted by Crippen LogP contribution is -2.49. The minimum Gasteiger partial charge on any atom is -0.493 e. The smallest absolute Gasteiger partial charge is 0.122 e. The first kappa shape index (κ1) is 16.3. The van der Waals surface area contributed by atoms with E-state index in [1.165, 1.54) is 55.6 Å². The molecule has 5 rings (SSSR count). The number of likely N-dealkylation sites (tertiary alicyclic amines) is 1. The van der Waals surface area contributed by atoms with E-state index in [0.717, 1.165) is 31.9 Å². The summed E-state index contributed by atoms with van der Waals surface area (Å²) in [5.41, 5.74) is 5.92. The average Bonchev–Trinajstić information content (AvgIpc) is 3.16. The van der Waals surface area contributed by atoms with Crippen molar-refractivity contribution in [3.05, 3.63) is 64.7 Å². The molecule has 0 saturated carbocycles. The molecule has 3 nitrogen and oxygen atoms in total. The van der Waals surface area contributed by atoms with Gasteiger partial charge in [-0.2, -0.15) is 0 Å². The van der Waals surface area contributed by atoms with Crippen LogP contribution >= 0.6 is 0 Å². The van der Waals surface area contributed by atoms with Gasteiger partial charge in [0.15, 0.2) is 0 Å². The van der Waals surface area contributed by atoms with Crippen molar-refractivity contribution in [3.8, 4) is 5.75 Å². The third-order valence-corrected chi connectivity index (χ3v) is 6.32. The Morgan fingerprint density at radius 2 is 1.88 bits per heavy atom. The summed E-state index contributed by atoms with van der Waals surface area (Å²) in [7, 11) is 0. The lowest BCUT2D eigenvalue weighted by molar-refractivity contribution is 0.0838. The molecule has 2 aromatic carbocycles. The topological polar surface area (TPSA) is 15.7 Å². The van der Waals surface area contributed by atoms with Crippen LogP contribution in [-0.4, -0.2) is 42.1 Å². The first-order chi connectivity index (χ1) is 12.8. The second kappa shape index (κ2) is 7.05. The van der Waals surface area contributed by atoms with Crippen LogP contribution in [-0.2, 0) is 25.9 Å². The maximum Gasteiger partial charge on any atom is 0.122 e. The maximum atomic E-state index is 5.65. The molecule has 0 N–H and O–H groups in total. The fraction of sp³-hybridized carbons (Fsp3) is 0.478. The molecule has 1 unspecified atom stereocenters. The monoisotopic (exact) mass is 348 g/mol. The van der Waals surface area contributed by atoms with E-state index in [1.54, 1.807) is 5.56 Å². The van der Waals surface area contributed by atoms with Crippen molar-refractivity contribution in [1.29, 1.82) is 0 Å². The first-order valence-corrected chi connectivity index (χ1v) is 10.1. The lowest BCUT2D eigenvalue weighted by atomic mass is 9.96. The number of ether oxygens (including phenoxy) is 1. The maximum absolute atomic E-state index is 5.65. The highest BCUT2D eigenvalue weighted by Crippen LogP contribution is 2.28. The predicted octanol–water partition coefficient (Wildman–Crippen LogP) is 3.64. The van der Waals surface area contributed by atoms with Crippen molar-refractivity contribution < 1.29 is 4.74 Å². The van der Waals surface area contributed by atoms with Crippen LogP contribution in [0.5, 0.6) is 5.75 Å². The largest absolute Gasteiger partial charge is 0.493 e. The second-order valence-electron chi connectivity index (χ2n) is 8.06. The van der Waals surface area contributed by atoms with Gasteiger partial charge >= 0.3 is 0 Å². The molecular weight excluding hydrogens is 320 g/mol. The Bertz CT molecular complexity index is 788. The predicted molar refractivity (Wildman–Crippen MR) is 104 cm³/mol. The Balaban J connectivity index is 1.24. The summed E-state index contributed by atoms with van der Waals surface area (Å²) in [5.74, 6) is 1.09. The number of nitrogens with zero attached hydrogens (tertiary/aromatic N) is 2. The Morgan fingerprint density at radius 1 is 0.962 bits per heavy atom. The van der Waals surface area contributed by atoms with Gasteiger partial charge in [0.2, 0.25) is 0 Å². The zero-order chi connectivity index (χ0) is 17.3. The Hall–Kier alpha value is -1.84. The summed E-state index contributed by atoms with van der Waals surface area (Å²) in [6.45, 7) is 6.70. The van der Waals surface area contributed by atoms with Crippen molar-refractivity contribution in [2.75, 3.05) is 26.2 Å². The van der Waals surface area contributed by atoms with E-state index in [0.29, 0.717) is 6.04 Å². The van der Waals surface area contributed by atoms with Gasteiger partial charge in [0, 0.05) is 38.6 Å². The zero-order valence-corrected chi connectivity index (χ0v) is 15.5. The molecule has 3 aliphatic heterocycles. The number of hydrogen-bond donors (Lipinski definition) is 0. The van der Waals surface area contributed by atoms with Crippen LogP contribution in [0.15, 0.2) is 42.5 Å². The highest BCUT2D eigenvalue weighted by atomic mass is 16.5. The number of rotatable bonds is 3. The molecule has 0 radical (unpaired) electrons. The molecule has 0 spiro atoms. The standard InChI is InChI=1S/C23H28N2O/c1-2-5-21-16-25(12-9-19(21)4-1)22-6-3-11-24(17-22)15-18-7-8-23-20(14-18)10-13-26-23/h1-2,4-5,7-8,14,22H,3,6,9-13,15-17H2. The molecule has 2 aromatic rings. The molecule has 0 aliphatic carbocycles. The van der Waals surface area contributed by atoms with E-state index < -0.39 is 0 Å². The van der Waals surface area contributed by atoms with Crippen LogP contribution in [0.25, 0.3) is 0 Å². The van der Waals surface area contributed by atoms with Crippen LogP contribution in [0.1, 0.15) is 35.1 Å². The molecule has 0 amide bonds. The Morgan fingerprint density at radius 3 is 2.85 bits per heavy atom. The molecule has 0 aromatic heterocycles. The van der Waals surface area contributed by atoms with Crippen molar-refractivity contribution in [2.45, 2.75) is 44.8 Å². The molecule has 3 aliphatic rings. The average molecular weight is 348 g/mol. The van der Waals surface area contributed by atoms with Crippen molar-refractivity contribution >= 4 is 0 Å². The summed E-state index contributed by atoms with van der Waals surface area (Å²) in [4.78, 5) is 5.39. The zero-order valence-electron chi connectivity index (χ0n) is 15.5. The van der Waals surface area contributed by atoms with Gasteiger partial charge in [-0.15, -0.1) is 0 Å². The fourth-order valence-corrected chi connectivity index (χ4v) is 4.90.